The molecule has 0 heteroatoms. The Morgan fingerprint density at radius 1 is 1.11 bits per heavy atom. The van der Waals surface area contributed by atoms with Crippen LogP contribution in [0.2, 0.25) is 0 Å². The molecule has 0 spiro atoms. The van der Waals surface area contributed by atoms with Crippen LogP contribution in [-0.4, -0.2) is 0 Å². The first-order valence-electron chi connectivity index (χ1n) is 6.04. The van der Waals surface area contributed by atoms with Gasteiger partial charge in [-0.1, -0.05) is 73.4 Å². The molecule has 1 aromatic carbocycles. The van der Waals surface area contributed by atoms with Crippen LogP contribution in [0.3, 0.4) is 0 Å². The molecule has 92 valence electrons. The molecule has 0 aromatic heterocycles. The number of hydrogen-bond acceptors (Lipinski definition) is 0. The Labute approximate surface area is 110 Å². The molecule has 0 aliphatic heterocycles. The molecule has 0 heterocycles. The molecular formula is C18H20. The van der Waals surface area contributed by atoms with Gasteiger partial charge in [0.15, 0.2) is 0 Å². The van der Waals surface area contributed by atoms with Crippen molar-refractivity contribution in [3.63, 3.8) is 0 Å². The van der Waals surface area contributed by atoms with Crippen molar-refractivity contribution in [3.8, 4) is 0 Å². The molecule has 0 aliphatic rings. The second kappa shape index (κ2) is 7.29. The maximum absolute atomic E-state index is 3.90. The summed E-state index contributed by atoms with van der Waals surface area (Å²) in [7, 11) is 0. The Bertz CT molecular complexity index is 484. The van der Waals surface area contributed by atoms with Crippen molar-refractivity contribution in [2.24, 2.45) is 0 Å². The predicted molar refractivity (Wildman–Crippen MR) is 82.3 cm³/mol. The minimum absolute atomic E-state index is 0.814. The first kappa shape index (κ1) is 14.0. The average Bonchev–Trinajstić information content (AvgIpc) is 2.38. The molecule has 0 unspecified atom stereocenters. The molecule has 0 N–H and O–H groups in total. The van der Waals surface area contributed by atoms with E-state index in [4.69, 9.17) is 0 Å². The lowest BCUT2D eigenvalue weighted by atomic mass is 9.97. The van der Waals surface area contributed by atoms with Crippen LogP contribution in [0.1, 0.15) is 18.9 Å². The van der Waals surface area contributed by atoms with Crippen LogP contribution >= 0.6 is 0 Å². The Morgan fingerprint density at radius 2 is 1.78 bits per heavy atom. The van der Waals surface area contributed by atoms with Crippen molar-refractivity contribution < 1.29 is 0 Å². The van der Waals surface area contributed by atoms with Gasteiger partial charge in [0.1, 0.15) is 0 Å². The second-order valence-corrected chi connectivity index (χ2v) is 4.18. The molecule has 0 fully saturated rings. The lowest BCUT2D eigenvalue weighted by molar-refractivity contribution is 1.30. The van der Waals surface area contributed by atoms with Gasteiger partial charge in [-0.25, -0.2) is 0 Å². The van der Waals surface area contributed by atoms with Gasteiger partial charge in [0.2, 0.25) is 0 Å². The highest BCUT2D eigenvalue weighted by Crippen LogP contribution is 2.23. The summed E-state index contributed by atoms with van der Waals surface area (Å²) in [6.45, 7) is 13.6. The van der Waals surface area contributed by atoms with E-state index in [1.54, 1.807) is 0 Å². The normalized spacial score (nSPS) is 12.1. The minimum atomic E-state index is 0.814. The van der Waals surface area contributed by atoms with E-state index < -0.39 is 0 Å². The molecule has 0 atom stereocenters. The summed E-state index contributed by atoms with van der Waals surface area (Å²) in [5.74, 6) is 0. The van der Waals surface area contributed by atoms with Crippen LogP contribution in [0.5, 0.6) is 0 Å². The summed E-state index contributed by atoms with van der Waals surface area (Å²) in [6, 6.07) is 10.3. The molecule has 0 radical (unpaired) electrons. The molecule has 1 aromatic rings. The molecule has 0 saturated carbocycles. The van der Waals surface area contributed by atoms with Crippen LogP contribution in [0.4, 0.5) is 0 Å². The number of allylic oxidation sites excluding steroid dienone is 7. The number of benzene rings is 1. The maximum atomic E-state index is 3.90. The van der Waals surface area contributed by atoms with Crippen molar-refractivity contribution in [1.29, 1.82) is 0 Å². The summed E-state index contributed by atoms with van der Waals surface area (Å²) in [5.41, 5.74) is 4.57. The molecule has 0 nitrogen and oxygen atoms in total. The molecule has 0 aliphatic carbocycles. The lowest BCUT2D eigenvalue weighted by Crippen LogP contribution is -1.87. The second-order valence-electron chi connectivity index (χ2n) is 4.18. The van der Waals surface area contributed by atoms with Crippen molar-refractivity contribution in [2.45, 2.75) is 13.3 Å². The largest absolute Gasteiger partial charge is 0.103 e. The van der Waals surface area contributed by atoms with E-state index in [1.165, 1.54) is 16.7 Å². The van der Waals surface area contributed by atoms with Crippen molar-refractivity contribution >= 4 is 5.57 Å². The monoisotopic (exact) mass is 236 g/mol. The standard InChI is InChI=1S/C18H20/c1-5-10-16(6-2)18(14-13-15(3)4)17-11-8-7-9-12-17/h5-9,11-14H,1-3,10H2,4H3/b14-13-,18-16+. The van der Waals surface area contributed by atoms with E-state index in [-0.39, 0.29) is 0 Å². The van der Waals surface area contributed by atoms with Crippen molar-refractivity contribution in [2.75, 3.05) is 0 Å². The quantitative estimate of drug-likeness (QED) is 0.462. The van der Waals surface area contributed by atoms with Gasteiger partial charge in [-0.15, -0.1) is 6.58 Å². The van der Waals surface area contributed by atoms with Crippen molar-refractivity contribution in [1.82, 2.24) is 0 Å². The smallest absolute Gasteiger partial charge is 0.00942 e. The fraction of sp³-hybridized carbons (Fsp3) is 0.111. The van der Waals surface area contributed by atoms with Gasteiger partial charge in [-0.2, -0.15) is 0 Å². The first-order chi connectivity index (χ1) is 8.69. The Kier molecular flexibility index (Phi) is 5.66. The zero-order valence-electron chi connectivity index (χ0n) is 11.0. The average molecular weight is 236 g/mol. The predicted octanol–water partition coefficient (Wildman–Crippen LogP) is 5.33. The zero-order chi connectivity index (χ0) is 13.4. The lowest BCUT2D eigenvalue weighted by Gasteiger charge is -2.08. The van der Waals surface area contributed by atoms with E-state index in [0.29, 0.717) is 0 Å². The van der Waals surface area contributed by atoms with Crippen LogP contribution in [-0.2, 0) is 0 Å². The summed E-state index contributed by atoms with van der Waals surface area (Å²) < 4.78 is 0. The molecule has 0 saturated heterocycles. The Balaban J connectivity index is 3.29. The van der Waals surface area contributed by atoms with Gasteiger partial charge in [0.25, 0.3) is 0 Å². The highest BCUT2D eigenvalue weighted by Gasteiger charge is 2.02. The van der Waals surface area contributed by atoms with Gasteiger partial charge in [0, 0.05) is 0 Å². The first-order valence-corrected chi connectivity index (χ1v) is 6.04. The third-order valence-electron chi connectivity index (χ3n) is 2.58. The maximum Gasteiger partial charge on any atom is -0.00942 e. The molecule has 1 rings (SSSR count). The highest BCUT2D eigenvalue weighted by molar-refractivity contribution is 5.79. The van der Waals surface area contributed by atoms with Crippen LogP contribution in [0.15, 0.2) is 85.5 Å². The van der Waals surface area contributed by atoms with Gasteiger partial charge < -0.3 is 0 Å². The Hall–Kier alpha value is -2.08. The van der Waals surface area contributed by atoms with E-state index in [0.717, 1.165) is 12.0 Å². The van der Waals surface area contributed by atoms with Crippen LogP contribution in [0.25, 0.3) is 5.57 Å². The van der Waals surface area contributed by atoms with Gasteiger partial charge in [-0.05, 0) is 30.1 Å². The van der Waals surface area contributed by atoms with Gasteiger partial charge in [-0.3, -0.25) is 0 Å². The molecule has 18 heavy (non-hydrogen) atoms. The molecule has 0 amide bonds. The number of rotatable bonds is 6. The van der Waals surface area contributed by atoms with Crippen LogP contribution < -0.4 is 0 Å². The highest BCUT2D eigenvalue weighted by atomic mass is 14.1. The van der Waals surface area contributed by atoms with Gasteiger partial charge >= 0.3 is 0 Å². The van der Waals surface area contributed by atoms with E-state index in [1.807, 2.05) is 43.4 Å². The van der Waals surface area contributed by atoms with Crippen LogP contribution in [0, 0.1) is 0 Å². The fourth-order valence-electron chi connectivity index (χ4n) is 1.69. The summed E-state index contributed by atoms with van der Waals surface area (Å²) in [4.78, 5) is 0. The Morgan fingerprint density at radius 3 is 2.28 bits per heavy atom. The molecule has 0 bridgehead atoms. The minimum Gasteiger partial charge on any atom is -0.103 e. The SMILES string of the molecule is C=CC/C(C=C)=C(\C=C/C(=C)C)c1ccccc1. The summed E-state index contributed by atoms with van der Waals surface area (Å²) in [5, 5.41) is 0. The number of hydrogen-bond donors (Lipinski definition) is 0. The molecular weight excluding hydrogens is 216 g/mol. The van der Waals surface area contributed by atoms with E-state index in [9.17, 15) is 0 Å². The topological polar surface area (TPSA) is 0 Å². The third-order valence-corrected chi connectivity index (χ3v) is 2.58. The van der Waals surface area contributed by atoms with Gasteiger partial charge in [0.05, 0.1) is 0 Å². The van der Waals surface area contributed by atoms with Crippen molar-refractivity contribution in [3.05, 3.63) is 91.1 Å². The van der Waals surface area contributed by atoms with E-state index in [2.05, 4.69) is 37.9 Å². The van der Waals surface area contributed by atoms with E-state index >= 15 is 0 Å². The zero-order valence-corrected chi connectivity index (χ0v) is 11.0. The summed E-state index contributed by atoms with van der Waals surface area (Å²) >= 11 is 0. The third kappa shape index (κ3) is 4.06. The fourth-order valence-corrected chi connectivity index (χ4v) is 1.69. The summed E-state index contributed by atoms with van der Waals surface area (Å²) in [6.07, 6.45) is 8.72.